The molecule has 10 nitrogen and oxygen atoms in total. The van der Waals surface area contributed by atoms with Crippen LogP contribution in [0.4, 0.5) is 0 Å². The number of aromatic hydroxyl groups is 1. The number of allylic oxidation sites excluding steroid dienone is 1. The fraction of sp³-hybridized carbons (Fsp3) is 0.407. The number of fused-ring (bicyclic) bond motifs is 1. The minimum Gasteiger partial charge on any atom is -0.507 e. The van der Waals surface area contributed by atoms with Crippen LogP contribution in [0.25, 0.3) is 0 Å². The number of phenolic OH excluding ortho intramolecular Hbond substituents is 1. The normalized spacial score (nSPS) is 15.3. The summed E-state index contributed by atoms with van der Waals surface area (Å²) in [6.07, 6.45) is 0.499. The van der Waals surface area contributed by atoms with E-state index in [2.05, 4.69) is 0 Å². The van der Waals surface area contributed by atoms with Crippen molar-refractivity contribution in [2.24, 2.45) is 0 Å². The Bertz CT molecular complexity index is 1240. The van der Waals surface area contributed by atoms with Crippen LogP contribution in [0.1, 0.15) is 47.8 Å². The van der Waals surface area contributed by atoms with Gasteiger partial charge >= 0.3 is 19.5 Å². The predicted octanol–water partition coefficient (Wildman–Crippen LogP) is 5.08. The molecule has 0 saturated heterocycles. The van der Waals surface area contributed by atoms with E-state index in [9.17, 15) is 19.3 Å². The Kier molecular flexibility index (Phi) is 9.96. The summed E-state index contributed by atoms with van der Waals surface area (Å²) in [5, 5.41) is 10.8. The van der Waals surface area contributed by atoms with Crippen LogP contribution in [-0.2, 0) is 41.1 Å². The highest BCUT2D eigenvalue weighted by molar-refractivity contribution is 7.54. The summed E-state index contributed by atoms with van der Waals surface area (Å²) in [6, 6.07) is 8.44. The number of methoxy groups -OCH3 is 1. The molecule has 0 fully saturated rings. The molecule has 206 valence electrons. The molecule has 1 unspecified atom stereocenters. The first-order valence-electron chi connectivity index (χ1n) is 12.1. The molecule has 0 spiro atoms. The standard InChI is InChI=1S/C27H33O10P/c1-6-34-26(29)19(4)36-38(31,37-20-10-8-7-9-11-20)16-33-14-17(2)12-13-21-24(28)23-22(15-35-27(23)30)18(3)25(21)32-5/h7-12,19,28H,6,13-16H2,1-5H3/b17-12+/t19-,38?/m0/s1. The number of para-hydroxylation sites is 1. The van der Waals surface area contributed by atoms with Gasteiger partial charge in [-0.25, -0.2) is 14.2 Å². The van der Waals surface area contributed by atoms with Crippen molar-refractivity contribution in [3.05, 3.63) is 64.2 Å². The van der Waals surface area contributed by atoms with Gasteiger partial charge in [0.25, 0.3) is 0 Å². The van der Waals surface area contributed by atoms with Crippen LogP contribution in [0.2, 0.25) is 0 Å². The lowest BCUT2D eigenvalue weighted by Gasteiger charge is -2.22. The van der Waals surface area contributed by atoms with Gasteiger partial charge in [0.05, 0.1) is 20.3 Å². The molecule has 3 rings (SSSR count). The lowest BCUT2D eigenvalue weighted by molar-refractivity contribution is -0.150. The molecule has 1 heterocycles. The van der Waals surface area contributed by atoms with E-state index in [1.165, 1.54) is 14.0 Å². The zero-order chi connectivity index (χ0) is 27.9. The third-order valence-electron chi connectivity index (χ3n) is 5.81. The lowest BCUT2D eigenvalue weighted by Crippen LogP contribution is -2.24. The molecule has 2 aromatic rings. The molecular weight excluding hydrogens is 515 g/mol. The van der Waals surface area contributed by atoms with Gasteiger partial charge in [-0.2, -0.15) is 0 Å². The zero-order valence-electron chi connectivity index (χ0n) is 22.1. The first-order valence-corrected chi connectivity index (χ1v) is 13.8. The number of cyclic esters (lactones) is 1. The fourth-order valence-corrected chi connectivity index (χ4v) is 5.43. The van der Waals surface area contributed by atoms with Crippen molar-refractivity contribution in [2.45, 2.75) is 46.8 Å². The number of hydrogen-bond donors (Lipinski definition) is 1. The third-order valence-corrected chi connectivity index (χ3v) is 7.43. The number of phenols is 1. The maximum Gasteiger partial charge on any atom is 0.405 e. The fourth-order valence-electron chi connectivity index (χ4n) is 3.95. The van der Waals surface area contributed by atoms with E-state index in [0.29, 0.717) is 22.6 Å². The van der Waals surface area contributed by atoms with E-state index < -0.39 is 32.0 Å². The highest BCUT2D eigenvalue weighted by Gasteiger charge is 2.34. The number of hydrogen-bond acceptors (Lipinski definition) is 10. The quantitative estimate of drug-likeness (QED) is 0.206. The third kappa shape index (κ3) is 6.95. The van der Waals surface area contributed by atoms with Gasteiger partial charge < -0.3 is 28.6 Å². The van der Waals surface area contributed by atoms with Crippen LogP contribution >= 0.6 is 7.60 Å². The Hall–Kier alpha value is -3.33. The maximum absolute atomic E-state index is 13.5. The monoisotopic (exact) mass is 548 g/mol. The van der Waals surface area contributed by atoms with E-state index in [1.807, 2.05) is 6.92 Å². The molecular formula is C27H33O10P. The van der Waals surface area contributed by atoms with Gasteiger partial charge in [-0.3, -0.25) is 4.52 Å². The number of esters is 2. The van der Waals surface area contributed by atoms with Gasteiger partial charge in [0.1, 0.15) is 29.4 Å². The number of benzene rings is 2. The number of carbonyl (C=O) groups excluding carboxylic acids is 2. The van der Waals surface area contributed by atoms with Gasteiger partial charge in [0.15, 0.2) is 12.5 Å². The van der Waals surface area contributed by atoms with E-state index in [0.717, 1.165) is 11.1 Å². The van der Waals surface area contributed by atoms with Gasteiger partial charge in [-0.15, -0.1) is 0 Å². The average Bonchev–Trinajstić information content (AvgIpc) is 3.27. The highest BCUT2D eigenvalue weighted by Crippen LogP contribution is 2.49. The first kappa shape index (κ1) is 29.2. The van der Waals surface area contributed by atoms with Crippen molar-refractivity contribution in [1.82, 2.24) is 0 Å². The van der Waals surface area contributed by atoms with Crippen molar-refractivity contribution in [3.63, 3.8) is 0 Å². The van der Waals surface area contributed by atoms with Crippen molar-refractivity contribution in [1.29, 1.82) is 0 Å². The van der Waals surface area contributed by atoms with Crippen molar-refractivity contribution in [3.8, 4) is 17.2 Å². The van der Waals surface area contributed by atoms with E-state index in [1.54, 1.807) is 50.3 Å². The van der Waals surface area contributed by atoms with Gasteiger partial charge in [-0.05, 0) is 51.8 Å². The Balaban J connectivity index is 1.71. The molecule has 2 aromatic carbocycles. The average molecular weight is 549 g/mol. The Morgan fingerprint density at radius 1 is 1.26 bits per heavy atom. The topological polar surface area (TPSA) is 127 Å². The van der Waals surface area contributed by atoms with Gasteiger partial charge in [-0.1, -0.05) is 29.8 Å². The van der Waals surface area contributed by atoms with Crippen LogP contribution in [-0.4, -0.2) is 49.8 Å². The Labute approximate surface area is 222 Å². The minimum absolute atomic E-state index is 0.0638. The summed E-state index contributed by atoms with van der Waals surface area (Å²) in [5.41, 5.74) is 2.70. The molecule has 1 N–H and O–H groups in total. The maximum atomic E-state index is 13.5. The molecule has 2 atom stereocenters. The second-order valence-electron chi connectivity index (χ2n) is 8.66. The molecule has 1 aliphatic heterocycles. The van der Waals surface area contributed by atoms with E-state index in [-0.39, 0.29) is 37.6 Å². The number of carbonyl (C=O) groups is 2. The zero-order valence-corrected chi connectivity index (χ0v) is 23.0. The van der Waals surface area contributed by atoms with Crippen molar-refractivity contribution in [2.75, 3.05) is 26.7 Å². The Morgan fingerprint density at radius 3 is 2.63 bits per heavy atom. The number of rotatable bonds is 13. The first-order chi connectivity index (χ1) is 18.1. The lowest BCUT2D eigenvalue weighted by atomic mass is 9.95. The summed E-state index contributed by atoms with van der Waals surface area (Å²) in [6.45, 7) is 7.00. The van der Waals surface area contributed by atoms with Crippen LogP contribution in [0.3, 0.4) is 0 Å². The largest absolute Gasteiger partial charge is 0.507 e. The van der Waals surface area contributed by atoms with Crippen molar-refractivity contribution < 1.29 is 47.3 Å². The van der Waals surface area contributed by atoms with Crippen LogP contribution in [0.5, 0.6) is 17.2 Å². The van der Waals surface area contributed by atoms with E-state index in [4.69, 9.17) is 28.0 Å². The van der Waals surface area contributed by atoms with Crippen LogP contribution in [0.15, 0.2) is 42.0 Å². The Morgan fingerprint density at radius 2 is 1.97 bits per heavy atom. The predicted molar refractivity (Wildman–Crippen MR) is 139 cm³/mol. The molecule has 0 radical (unpaired) electrons. The van der Waals surface area contributed by atoms with Gasteiger partial charge in [0, 0.05) is 11.1 Å². The molecule has 0 aliphatic carbocycles. The molecule has 11 heteroatoms. The molecule has 0 bridgehead atoms. The summed E-state index contributed by atoms with van der Waals surface area (Å²) in [7, 11) is -2.42. The summed E-state index contributed by atoms with van der Waals surface area (Å²) >= 11 is 0. The molecule has 1 aliphatic rings. The highest BCUT2D eigenvalue weighted by atomic mass is 31.2. The van der Waals surface area contributed by atoms with Crippen LogP contribution < -0.4 is 9.26 Å². The summed E-state index contributed by atoms with van der Waals surface area (Å²) in [5.74, 6) is -0.623. The van der Waals surface area contributed by atoms with Gasteiger partial charge in [0.2, 0.25) is 0 Å². The second-order valence-corrected chi connectivity index (χ2v) is 10.5. The second kappa shape index (κ2) is 13.0. The summed E-state index contributed by atoms with van der Waals surface area (Å²) < 4.78 is 45.8. The summed E-state index contributed by atoms with van der Waals surface area (Å²) in [4.78, 5) is 24.1. The number of ether oxygens (including phenoxy) is 4. The molecule has 0 saturated carbocycles. The molecule has 0 amide bonds. The minimum atomic E-state index is -3.91. The smallest absolute Gasteiger partial charge is 0.405 e. The van der Waals surface area contributed by atoms with E-state index >= 15 is 0 Å². The van der Waals surface area contributed by atoms with Crippen LogP contribution in [0, 0.1) is 6.92 Å². The molecule has 0 aromatic heterocycles. The molecule has 38 heavy (non-hydrogen) atoms. The van der Waals surface area contributed by atoms with Crippen molar-refractivity contribution >= 4 is 19.5 Å². The SMILES string of the molecule is CCOC(=O)[C@H](C)OP(=O)(COC/C(C)=C/Cc1c(O)c2c(c(C)c1OC)COC2=O)Oc1ccccc1.